The number of para-hydroxylation sites is 1. The van der Waals surface area contributed by atoms with E-state index in [0.29, 0.717) is 23.5 Å². The first kappa shape index (κ1) is 19.9. The minimum absolute atomic E-state index is 0.0465. The predicted octanol–water partition coefficient (Wildman–Crippen LogP) is 3.28. The molecular weight excluding hydrogens is 394 g/mol. The van der Waals surface area contributed by atoms with Crippen LogP contribution in [0.25, 0.3) is 5.69 Å². The Morgan fingerprint density at radius 2 is 1.90 bits per heavy atom. The second kappa shape index (κ2) is 7.60. The molecule has 1 aliphatic heterocycles. The molecule has 8 nitrogen and oxygen atoms in total. The molecule has 0 spiro atoms. The minimum Gasteiger partial charge on any atom is -0.383 e. The van der Waals surface area contributed by atoms with Gasteiger partial charge in [-0.15, -0.1) is 0 Å². The number of benzene rings is 1. The van der Waals surface area contributed by atoms with Gasteiger partial charge in [0, 0.05) is 24.6 Å². The van der Waals surface area contributed by atoms with Gasteiger partial charge in [-0.2, -0.15) is 15.0 Å². The Morgan fingerprint density at radius 3 is 2.65 bits per heavy atom. The summed E-state index contributed by atoms with van der Waals surface area (Å²) in [5.74, 6) is 0.992. The molecule has 3 heterocycles. The van der Waals surface area contributed by atoms with Crippen molar-refractivity contribution in [3.8, 4) is 5.69 Å². The first-order chi connectivity index (χ1) is 14.9. The van der Waals surface area contributed by atoms with Crippen molar-refractivity contribution in [1.29, 1.82) is 0 Å². The van der Waals surface area contributed by atoms with Gasteiger partial charge in [-0.1, -0.05) is 17.3 Å². The van der Waals surface area contributed by atoms with Gasteiger partial charge in [0.2, 0.25) is 0 Å². The highest BCUT2D eigenvalue weighted by Gasteiger charge is 2.44. The molecule has 2 aromatic heterocycles. The Kier molecular flexibility index (Phi) is 4.89. The average molecular weight is 422 g/mol. The predicted molar refractivity (Wildman–Crippen MR) is 113 cm³/mol. The summed E-state index contributed by atoms with van der Waals surface area (Å²) in [5, 5.41) is 23.3. The summed E-state index contributed by atoms with van der Waals surface area (Å²) in [6.45, 7) is 4.43. The number of carbonyl (C=O) groups is 1. The van der Waals surface area contributed by atoms with Crippen LogP contribution >= 0.6 is 0 Å². The number of nitrogens with zero attached hydrogens (tertiary/aromatic N) is 5. The normalized spacial score (nSPS) is 23.5. The standard InChI is InChI=1S/C23H27N5O3/c1-15-7-8-16(20-13-21(26-31-20)23(2,30)17-9-10-17)14-27(15)22(29)18-5-3-4-6-19(18)28-24-11-12-25-28/h3-6,11-13,15-17,30H,7-10,14H2,1-2H3/t15-,16-,23?/m1/s1. The molecule has 0 radical (unpaired) electrons. The molecule has 1 saturated heterocycles. The van der Waals surface area contributed by atoms with E-state index in [-0.39, 0.29) is 23.8 Å². The van der Waals surface area contributed by atoms with Crippen LogP contribution < -0.4 is 0 Å². The molecule has 1 N–H and O–H groups in total. The number of amides is 1. The van der Waals surface area contributed by atoms with Gasteiger partial charge in [0.05, 0.1) is 23.6 Å². The second-order valence-electron chi connectivity index (χ2n) is 8.95. The van der Waals surface area contributed by atoms with Crippen LogP contribution in [0.2, 0.25) is 0 Å². The number of aromatic nitrogens is 4. The summed E-state index contributed by atoms with van der Waals surface area (Å²) in [6, 6.07) is 9.39. The van der Waals surface area contributed by atoms with Crippen LogP contribution in [0.1, 0.15) is 67.3 Å². The van der Waals surface area contributed by atoms with E-state index in [1.165, 1.54) is 4.80 Å². The molecular formula is C23H27N5O3. The van der Waals surface area contributed by atoms with Crippen molar-refractivity contribution < 1.29 is 14.4 Å². The summed E-state index contributed by atoms with van der Waals surface area (Å²) in [6.07, 6.45) is 7.00. The van der Waals surface area contributed by atoms with Crippen LogP contribution in [0, 0.1) is 5.92 Å². The summed E-state index contributed by atoms with van der Waals surface area (Å²) in [7, 11) is 0. The molecule has 8 heteroatoms. The van der Waals surface area contributed by atoms with Crippen molar-refractivity contribution >= 4 is 5.91 Å². The molecule has 1 aliphatic carbocycles. The molecule has 31 heavy (non-hydrogen) atoms. The van der Waals surface area contributed by atoms with E-state index in [1.54, 1.807) is 12.4 Å². The van der Waals surface area contributed by atoms with Gasteiger partial charge >= 0.3 is 0 Å². The molecule has 1 saturated carbocycles. The van der Waals surface area contributed by atoms with Gasteiger partial charge in [-0.3, -0.25) is 4.79 Å². The fraction of sp³-hybridized carbons (Fsp3) is 0.478. The maximum Gasteiger partial charge on any atom is 0.256 e. The Bertz CT molecular complexity index is 1070. The number of carbonyl (C=O) groups excluding carboxylic acids is 1. The second-order valence-corrected chi connectivity index (χ2v) is 8.95. The van der Waals surface area contributed by atoms with Crippen LogP contribution in [0.3, 0.4) is 0 Å². The van der Waals surface area contributed by atoms with Crippen molar-refractivity contribution in [3.05, 3.63) is 59.7 Å². The molecule has 2 aliphatic rings. The smallest absolute Gasteiger partial charge is 0.256 e. The molecule has 2 fully saturated rings. The molecule has 1 unspecified atom stereocenters. The highest BCUT2D eigenvalue weighted by atomic mass is 16.5. The quantitative estimate of drug-likeness (QED) is 0.679. The molecule has 5 rings (SSSR count). The molecule has 3 atom stereocenters. The van der Waals surface area contributed by atoms with Crippen LogP contribution in [0.5, 0.6) is 0 Å². The Balaban J connectivity index is 1.39. The number of hydrogen-bond donors (Lipinski definition) is 1. The van der Waals surface area contributed by atoms with Crippen LogP contribution in [-0.4, -0.2) is 48.7 Å². The fourth-order valence-electron chi connectivity index (χ4n) is 4.52. The maximum atomic E-state index is 13.5. The van der Waals surface area contributed by atoms with Gasteiger partial charge in [0.25, 0.3) is 5.91 Å². The molecule has 1 amide bonds. The molecule has 0 bridgehead atoms. The first-order valence-corrected chi connectivity index (χ1v) is 10.9. The largest absolute Gasteiger partial charge is 0.383 e. The van der Waals surface area contributed by atoms with Crippen molar-refractivity contribution in [2.45, 2.75) is 57.1 Å². The fourth-order valence-corrected chi connectivity index (χ4v) is 4.52. The van der Waals surface area contributed by atoms with E-state index in [2.05, 4.69) is 22.3 Å². The molecule has 162 valence electrons. The van der Waals surface area contributed by atoms with Crippen molar-refractivity contribution in [2.75, 3.05) is 6.54 Å². The molecule has 1 aromatic carbocycles. The highest BCUT2D eigenvalue weighted by molar-refractivity contribution is 5.98. The Labute approximate surface area is 180 Å². The van der Waals surface area contributed by atoms with E-state index >= 15 is 0 Å². The zero-order chi connectivity index (χ0) is 21.6. The summed E-state index contributed by atoms with van der Waals surface area (Å²) < 4.78 is 5.65. The minimum atomic E-state index is -0.949. The monoisotopic (exact) mass is 421 g/mol. The van der Waals surface area contributed by atoms with Crippen LogP contribution in [0.15, 0.2) is 47.2 Å². The third-order valence-corrected chi connectivity index (χ3v) is 6.73. The van der Waals surface area contributed by atoms with Crippen molar-refractivity contribution in [3.63, 3.8) is 0 Å². The number of hydrogen-bond acceptors (Lipinski definition) is 6. The summed E-state index contributed by atoms with van der Waals surface area (Å²) in [5.41, 5.74) is 0.876. The highest BCUT2D eigenvalue weighted by Crippen LogP contribution is 2.45. The lowest BCUT2D eigenvalue weighted by Crippen LogP contribution is -2.45. The van der Waals surface area contributed by atoms with Gasteiger partial charge in [-0.25, -0.2) is 0 Å². The average Bonchev–Trinajstić information content (AvgIpc) is 3.28. The number of aliphatic hydroxyl groups is 1. The Morgan fingerprint density at radius 1 is 1.16 bits per heavy atom. The SMILES string of the molecule is C[C@@H]1CC[C@@H](c2cc(C(C)(O)C3CC3)no2)CN1C(=O)c1ccccc1-n1nccn1. The lowest BCUT2D eigenvalue weighted by molar-refractivity contribution is 0.0255. The maximum absolute atomic E-state index is 13.5. The van der Waals surface area contributed by atoms with E-state index in [9.17, 15) is 9.90 Å². The van der Waals surface area contributed by atoms with E-state index in [4.69, 9.17) is 4.52 Å². The number of piperidine rings is 1. The van der Waals surface area contributed by atoms with Crippen LogP contribution in [0.4, 0.5) is 0 Å². The molecule has 3 aromatic rings. The lowest BCUT2D eigenvalue weighted by Gasteiger charge is -2.37. The van der Waals surface area contributed by atoms with Gasteiger partial charge < -0.3 is 14.5 Å². The topological polar surface area (TPSA) is 97.3 Å². The van der Waals surface area contributed by atoms with Gasteiger partial charge in [0.15, 0.2) is 0 Å². The van der Waals surface area contributed by atoms with Crippen LogP contribution in [-0.2, 0) is 5.60 Å². The van der Waals surface area contributed by atoms with E-state index in [0.717, 1.165) is 31.4 Å². The zero-order valence-electron chi connectivity index (χ0n) is 17.8. The lowest BCUT2D eigenvalue weighted by atomic mass is 9.89. The van der Waals surface area contributed by atoms with Crippen molar-refractivity contribution in [2.24, 2.45) is 5.92 Å². The Hall–Kier alpha value is -3.00. The zero-order valence-corrected chi connectivity index (χ0v) is 17.8. The van der Waals surface area contributed by atoms with Gasteiger partial charge in [0.1, 0.15) is 17.1 Å². The van der Waals surface area contributed by atoms with Crippen molar-refractivity contribution in [1.82, 2.24) is 25.1 Å². The summed E-state index contributed by atoms with van der Waals surface area (Å²) in [4.78, 5) is 16.9. The van der Waals surface area contributed by atoms with E-state index in [1.807, 2.05) is 42.2 Å². The third kappa shape index (κ3) is 3.65. The summed E-state index contributed by atoms with van der Waals surface area (Å²) >= 11 is 0. The number of likely N-dealkylation sites (tertiary alicyclic amines) is 1. The third-order valence-electron chi connectivity index (χ3n) is 6.73. The van der Waals surface area contributed by atoms with E-state index < -0.39 is 5.60 Å². The number of rotatable bonds is 5. The first-order valence-electron chi connectivity index (χ1n) is 10.9. The van der Waals surface area contributed by atoms with Gasteiger partial charge in [-0.05, 0) is 57.6 Å².